The Bertz CT molecular complexity index is 340. The fourth-order valence-electron chi connectivity index (χ4n) is 1.62. The van der Waals surface area contributed by atoms with Crippen molar-refractivity contribution in [3.63, 3.8) is 0 Å². The molecule has 0 heterocycles. The maximum atomic E-state index is 9.25. The number of aliphatic hydroxyl groups excluding tert-OH is 1. The second-order valence-electron chi connectivity index (χ2n) is 4.94. The molecule has 1 aromatic rings. The van der Waals surface area contributed by atoms with E-state index in [4.69, 9.17) is 9.47 Å². The van der Waals surface area contributed by atoms with Crippen molar-refractivity contribution in [2.75, 3.05) is 41.0 Å². The molecule has 0 saturated carbocycles. The minimum absolute atomic E-state index is 0.379. The Morgan fingerprint density at radius 2 is 1.90 bits per heavy atom. The van der Waals surface area contributed by atoms with Crippen molar-refractivity contribution in [2.45, 2.75) is 19.4 Å². The Labute approximate surface area is 129 Å². The van der Waals surface area contributed by atoms with E-state index >= 15 is 0 Å². The summed E-state index contributed by atoms with van der Waals surface area (Å²) in [5, 5.41) is 9.25. The fourth-order valence-corrected chi connectivity index (χ4v) is 1.62. The molecule has 0 fully saturated rings. The van der Waals surface area contributed by atoms with Crippen LogP contribution in [0.3, 0.4) is 0 Å². The van der Waals surface area contributed by atoms with Crippen LogP contribution in [0, 0.1) is 0 Å². The molecule has 4 heteroatoms. The average Bonchev–Trinajstić information content (AvgIpc) is 2.47. The van der Waals surface area contributed by atoms with Crippen LogP contribution in [0.4, 0.5) is 0 Å². The van der Waals surface area contributed by atoms with Gasteiger partial charge in [-0.3, -0.25) is 0 Å². The summed E-state index contributed by atoms with van der Waals surface area (Å²) in [7, 11) is 5.51. The topological polar surface area (TPSA) is 41.9 Å². The molecule has 1 unspecified atom stereocenters. The van der Waals surface area contributed by atoms with Crippen LogP contribution in [0.15, 0.2) is 36.9 Å². The first-order valence-corrected chi connectivity index (χ1v) is 7.17. The van der Waals surface area contributed by atoms with Crippen molar-refractivity contribution in [3.05, 3.63) is 42.5 Å². The molecular weight excluding hydrogens is 266 g/mol. The number of aryl methyl sites for hydroxylation is 1. The number of aliphatic hydroxyl groups is 1. The van der Waals surface area contributed by atoms with Gasteiger partial charge in [0.1, 0.15) is 5.75 Å². The van der Waals surface area contributed by atoms with Crippen LogP contribution in [0.25, 0.3) is 0 Å². The van der Waals surface area contributed by atoms with E-state index in [1.807, 2.05) is 31.1 Å². The number of hydrogen-bond acceptors (Lipinski definition) is 4. The predicted octanol–water partition coefficient (Wildman–Crippen LogP) is 2.37. The van der Waals surface area contributed by atoms with E-state index in [-0.39, 0.29) is 0 Å². The van der Waals surface area contributed by atoms with Gasteiger partial charge in [-0.2, -0.15) is 0 Å². The minimum Gasteiger partial charge on any atom is -0.497 e. The highest BCUT2D eigenvalue weighted by Crippen LogP contribution is 2.10. The van der Waals surface area contributed by atoms with Crippen molar-refractivity contribution in [1.29, 1.82) is 0 Å². The summed E-state index contributed by atoms with van der Waals surface area (Å²) in [4.78, 5) is 1.92. The third-order valence-electron chi connectivity index (χ3n) is 2.69. The standard InChI is InChI=1S/C9H12O.C8H17NO2/c1-3-8-4-6-9(10-2)7-5-8;1-4-5-11-7-8(10)6-9(2)3/h4-7H,3H2,1-2H3;4,8,10H,1,5-7H2,2-3H3. The molecule has 0 aliphatic heterocycles. The first-order chi connectivity index (χ1) is 10.0. The third-order valence-corrected chi connectivity index (χ3v) is 2.69. The zero-order chi connectivity index (χ0) is 16.1. The lowest BCUT2D eigenvalue weighted by molar-refractivity contribution is 0.0349. The van der Waals surface area contributed by atoms with Gasteiger partial charge in [-0.15, -0.1) is 6.58 Å². The van der Waals surface area contributed by atoms with Crippen LogP contribution in [0.5, 0.6) is 5.75 Å². The molecule has 120 valence electrons. The molecule has 0 aromatic heterocycles. The van der Waals surface area contributed by atoms with E-state index in [1.165, 1.54) is 5.56 Å². The first kappa shape index (κ1) is 19.6. The van der Waals surface area contributed by atoms with Crippen LogP contribution in [0.2, 0.25) is 0 Å². The van der Waals surface area contributed by atoms with E-state index in [0.717, 1.165) is 12.2 Å². The van der Waals surface area contributed by atoms with Crippen molar-refractivity contribution in [1.82, 2.24) is 4.90 Å². The summed E-state index contributed by atoms with van der Waals surface area (Å²) in [6.45, 7) is 7.16. The molecule has 0 saturated heterocycles. The molecule has 0 amide bonds. The summed E-state index contributed by atoms with van der Waals surface area (Å²) in [5.74, 6) is 0.928. The van der Waals surface area contributed by atoms with E-state index in [0.29, 0.717) is 19.8 Å². The van der Waals surface area contributed by atoms with Gasteiger partial charge in [0.05, 0.1) is 26.4 Å². The van der Waals surface area contributed by atoms with Crippen LogP contribution < -0.4 is 4.74 Å². The van der Waals surface area contributed by atoms with Crippen molar-refractivity contribution >= 4 is 0 Å². The maximum Gasteiger partial charge on any atom is 0.118 e. The lowest BCUT2D eigenvalue weighted by atomic mass is 10.2. The second kappa shape index (κ2) is 12.4. The molecule has 0 bridgehead atoms. The molecule has 0 aliphatic carbocycles. The van der Waals surface area contributed by atoms with Crippen LogP contribution in [-0.4, -0.2) is 57.1 Å². The van der Waals surface area contributed by atoms with Crippen LogP contribution in [-0.2, 0) is 11.2 Å². The molecule has 1 rings (SSSR count). The minimum atomic E-state index is -0.398. The summed E-state index contributed by atoms with van der Waals surface area (Å²) < 4.78 is 10.1. The van der Waals surface area contributed by atoms with Gasteiger partial charge < -0.3 is 19.5 Å². The lowest BCUT2D eigenvalue weighted by Gasteiger charge is -2.15. The van der Waals surface area contributed by atoms with Gasteiger partial charge in [0.2, 0.25) is 0 Å². The number of rotatable bonds is 8. The number of methoxy groups -OCH3 is 1. The largest absolute Gasteiger partial charge is 0.497 e. The second-order valence-corrected chi connectivity index (χ2v) is 4.94. The number of nitrogens with zero attached hydrogens (tertiary/aromatic N) is 1. The van der Waals surface area contributed by atoms with Crippen LogP contribution >= 0.6 is 0 Å². The molecular formula is C17H29NO3. The van der Waals surface area contributed by atoms with Gasteiger partial charge >= 0.3 is 0 Å². The van der Waals surface area contributed by atoms with Gasteiger partial charge in [0.15, 0.2) is 0 Å². The highest BCUT2D eigenvalue weighted by Gasteiger charge is 2.03. The van der Waals surface area contributed by atoms with E-state index in [2.05, 4.69) is 25.6 Å². The van der Waals surface area contributed by atoms with Gasteiger partial charge in [-0.25, -0.2) is 0 Å². The Morgan fingerprint density at radius 3 is 2.33 bits per heavy atom. The molecule has 21 heavy (non-hydrogen) atoms. The van der Waals surface area contributed by atoms with E-state index in [1.54, 1.807) is 13.2 Å². The quantitative estimate of drug-likeness (QED) is 0.590. The smallest absolute Gasteiger partial charge is 0.118 e. The number of likely N-dealkylation sites (N-methyl/N-ethyl adjacent to an activating group) is 1. The summed E-state index contributed by atoms with van der Waals surface area (Å²) in [5.41, 5.74) is 1.35. The number of ether oxygens (including phenoxy) is 2. The normalized spacial score (nSPS) is 11.5. The molecule has 1 atom stereocenters. The summed E-state index contributed by atoms with van der Waals surface area (Å²) >= 11 is 0. The molecule has 4 nitrogen and oxygen atoms in total. The Morgan fingerprint density at radius 1 is 1.29 bits per heavy atom. The Kier molecular flexibility index (Phi) is 11.6. The summed E-state index contributed by atoms with van der Waals surface area (Å²) in [6.07, 6.45) is 2.36. The zero-order valence-electron chi connectivity index (χ0n) is 13.7. The Hall–Kier alpha value is -1.36. The third kappa shape index (κ3) is 11.0. The van der Waals surface area contributed by atoms with Gasteiger partial charge in [0, 0.05) is 6.54 Å². The summed E-state index contributed by atoms with van der Waals surface area (Å²) in [6, 6.07) is 8.13. The van der Waals surface area contributed by atoms with Crippen molar-refractivity contribution < 1.29 is 14.6 Å². The van der Waals surface area contributed by atoms with Gasteiger partial charge in [-0.05, 0) is 38.2 Å². The molecule has 1 aromatic carbocycles. The fraction of sp³-hybridized carbons (Fsp3) is 0.529. The maximum absolute atomic E-state index is 9.25. The highest BCUT2D eigenvalue weighted by atomic mass is 16.5. The lowest BCUT2D eigenvalue weighted by Crippen LogP contribution is -2.29. The van der Waals surface area contributed by atoms with E-state index in [9.17, 15) is 5.11 Å². The number of benzene rings is 1. The SMILES string of the molecule is C=CCOCC(O)CN(C)C.CCc1ccc(OC)cc1. The van der Waals surface area contributed by atoms with Crippen molar-refractivity contribution in [3.8, 4) is 5.75 Å². The molecule has 1 N–H and O–H groups in total. The number of hydrogen-bond donors (Lipinski definition) is 1. The highest BCUT2D eigenvalue weighted by molar-refractivity contribution is 5.26. The Balaban J connectivity index is 0.000000382. The molecule has 0 spiro atoms. The van der Waals surface area contributed by atoms with E-state index < -0.39 is 6.10 Å². The molecule has 0 aliphatic rings. The van der Waals surface area contributed by atoms with Gasteiger partial charge in [-0.1, -0.05) is 25.1 Å². The zero-order valence-corrected chi connectivity index (χ0v) is 13.7. The van der Waals surface area contributed by atoms with Gasteiger partial charge in [0.25, 0.3) is 0 Å². The van der Waals surface area contributed by atoms with Crippen molar-refractivity contribution in [2.24, 2.45) is 0 Å². The first-order valence-electron chi connectivity index (χ1n) is 7.17. The molecule has 0 radical (unpaired) electrons. The predicted molar refractivity (Wildman–Crippen MR) is 87.9 cm³/mol. The average molecular weight is 295 g/mol. The monoisotopic (exact) mass is 295 g/mol. The van der Waals surface area contributed by atoms with Crippen LogP contribution in [0.1, 0.15) is 12.5 Å².